The van der Waals surface area contributed by atoms with Crippen LogP contribution in [-0.4, -0.2) is 30.8 Å². The fraction of sp³-hybridized carbons (Fsp3) is 0.471. The van der Waals surface area contributed by atoms with Gasteiger partial charge in [0.2, 0.25) is 5.91 Å². The van der Waals surface area contributed by atoms with Crippen molar-refractivity contribution in [1.29, 1.82) is 0 Å². The molecule has 0 aromatic heterocycles. The van der Waals surface area contributed by atoms with Crippen molar-refractivity contribution < 1.29 is 14.6 Å². The number of ether oxygens (including phenoxy) is 1. The number of carbonyl (C=O) groups excluding carboxylic acids is 1. The third-order valence-electron chi connectivity index (χ3n) is 3.46. The van der Waals surface area contributed by atoms with Gasteiger partial charge >= 0.3 is 0 Å². The number of aliphatic hydroxyl groups is 1. The Hall–Kier alpha value is -1.81. The maximum absolute atomic E-state index is 12.1. The Morgan fingerprint density at radius 2 is 2.00 bits per heavy atom. The molecule has 0 aliphatic heterocycles. The Labute approximate surface area is 126 Å². The van der Waals surface area contributed by atoms with Crippen molar-refractivity contribution >= 4 is 11.5 Å². The molecule has 116 valence electrons. The van der Waals surface area contributed by atoms with Crippen LogP contribution in [0.15, 0.2) is 30.3 Å². The van der Waals surface area contributed by atoms with Crippen molar-refractivity contribution in [3.63, 3.8) is 0 Å². The topological polar surface area (TPSA) is 58.6 Å². The third kappa shape index (κ3) is 5.60. The van der Waals surface area contributed by atoms with Gasteiger partial charge in [-0.15, -0.1) is 0 Å². The fourth-order valence-corrected chi connectivity index (χ4v) is 2.13. The Morgan fingerprint density at radius 1 is 1.33 bits per heavy atom. The molecule has 0 saturated heterocycles. The molecule has 0 radical (unpaired) electrons. The number of rotatable bonds is 8. The summed E-state index contributed by atoms with van der Waals surface area (Å²) in [5, 5.41) is 11.9. The van der Waals surface area contributed by atoms with E-state index in [1.54, 1.807) is 13.2 Å². The minimum absolute atomic E-state index is 0.0210. The monoisotopic (exact) mass is 291 g/mol. The Kier molecular flexibility index (Phi) is 7.54. The van der Waals surface area contributed by atoms with Gasteiger partial charge in [-0.25, -0.2) is 0 Å². The van der Waals surface area contributed by atoms with Crippen LogP contribution in [0.1, 0.15) is 38.7 Å². The smallest absolute Gasteiger partial charge is 0.244 e. The highest BCUT2D eigenvalue weighted by atomic mass is 16.5. The predicted molar refractivity (Wildman–Crippen MR) is 85.2 cm³/mol. The normalized spacial score (nSPS) is 12.9. The molecule has 1 rings (SSSR count). The molecular formula is C17H25NO3. The van der Waals surface area contributed by atoms with E-state index in [-0.39, 0.29) is 18.6 Å². The van der Waals surface area contributed by atoms with Crippen molar-refractivity contribution in [3.05, 3.63) is 35.9 Å². The minimum atomic E-state index is -0.108. The van der Waals surface area contributed by atoms with Gasteiger partial charge in [-0.1, -0.05) is 26.0 Å². The van der Waals surface area contributed by atoms with Crippen molar-refractivity contribution in [2.45, 2.75) is 39.2 Å². The third-order valence-corrected chi connectivity index (χ3v) is 3.46. The van der Waals surface area contributed by atoms with E-state index in [1.807, 2.05) is 38.1 Å². The summed E-state index contributed by atoms with van der Waals surface area (Å²) in [4.78, 5) is 12.1. The molecule has 1 aromatic rings. The lowest BCUT2D eigenvalue weighted by Crippen LogP contribution is -2.34. The van der Waals surface area contributed by atoms with Crippen LogP contribution >= 0.6 is 0 Å². The maximum Gasteiger partial charge on any atom is 0.244 e. The van der Waals surface area contributed by atoms with E-state index in [0.717, 1.165) is 29.7 Å². The number of carbonyl (C=O) groups is 1. The lowest BCUT2D eigenvalue weighted by Gasteiger charge is -2.15. The van der Waals surface area contributed by atoms with E-state index < -0.39 is 0 Å². The zero-order valence-electron chi connectivity index (χ0n) is 13.1. The second kappa shape index (κ2) is 9.19. The van der Waals surface area contributed by atoms with E-state index >= 15 is 0 Å². The SMILES string of the molecule is CC/C(=C/C(=O)NC(CC)CCO)c1ccc(OC)cc1. The van der Waals surface area contributed by atoms with Gasteiger partial charge in [-0.2, -0.15) is 0 Å². The first-order valence-corrected chi connectivity index (χ1v) is 7.40. The van der Waals surface area contributed by atoms with Crippen LogP contribution in [0.25, 0.3) is 5.57 Å². The number of hydrogen-bond donors (Lipinski definition) is 2. The fourth-order valence-electron chi connectivity index (χ4n) is 2.13. The van der Waals surface area contributed by atoms with E-state index in [2.05, 4.69) is 5.32 Å². The van der Waals surface area contributed by atoms with Crippen molar-refractivity contribution in [2.24, 2.45) is 0 Å². The lowest BCUT2D eigenvalue weighted by atomic mass is 10.0. The molecule has 0 heterocycles. The van der Waals surface area contributed by atoms with Gasteiger partial charge < -0.3 is 15.2 Å². The van der Waals surface area contributed by atoms with E-state index in [1.165, 1.54) is 0 Å². The van der Waals surface area contributed by atoms with Crippen LogP contribution < -0.4 is 10.1 Å². The molecule has 1 atom stereocenters. The van der Waals surface area contributed by atoms with Crippen LogP contribution in [0.3, 0.4) is 0 Å². The molecule has 2 N–H and O–H groups in total. The quantitative estimate of drug-likeness (QED) is 0.724. The van der Waals surface area contributed by atoms with Gasteiger partial charge in [0.05, 0.1) is 7.11 Å². The number of amides is 1. The Bertz CT molecular complexity index is 465. The van der Waals surface area contributed by atoms with E-state index in [9.17, 15) is 4.79 Å². The Balaban J connectivity index is 2.79. The molecular weight excluding hydrogens is 266 g/mol. The summed E-state index contributed by atoms with van der Waals surface area (Å²) in [5.41, 5.74) is 2.00. The summed E-state index contributed by atoms with van der Waals surface area (Å²) >= 11 is 0. The maximum atomic E-state index is 12.1. The molecule has 1 amide bonds. The average molecular weight is 291 g/mol. The zero-order chi connectivity index (χ0) is 15.7. The summed E-state index contributed by atoms with van der Waals surface area (Å²) in [5.74, 6) is 0.690. The number of methoxy groups -OCH3 is 1. The van der Waals surface area contributed by atoms with Gasteiger partial charge in [0.1, 0.15) is 5.75 Å². The van der Waals surface area contributed by atoms with Crippen molar-refractivity contribution in [3.8, 4) is 5.75 Å². The number of aliphatic hydroxyl groups excluding tert-OH is 1. The summed E-state index contributed by atoms with van der Waals surface area (Å²) in [6, 6.07) is 7.70. The second-order valence-corrected chi connectivity index (χ2v) is 4.88. The summed E-state index contributed by atoms with van der Waals surface area (Å²) in [7, 11) is 1.63. The van der Waals surface area contributed by atoms with Crippen LogP contribution in [-0.2, 0) is 4.79 Å². The van der Waals surface area contributed by atoms with Crippen LogP contribution in [0.2, 0.25) is 0 Å². The molecule has 0 aliphatic rings. The molecule has 0 spiro atoms. The molecule has 0 bridgehead atoms. The minimum Gasteiger partial charge on any atom is -0.497 e. The zero-order valence-corrected chi connectivity index (χ0v) is 13.1. The van der Waals surface area contributed by atoms with Gasteiger partial charge in [0.15, 0.2) is 0 Å². The highest BCUT2D eigenvalue weighted by Crippen LogP contribution is 2.21. The Morgan fingerprint density at radius 3 is 2.48 bits per heavy atom. The number of hydrogen-bond acceptors (Lipinski definition) is 3. The van der Waals surface area contributed by atoms with Gasteiger partial charge in [0, 0.05) is 18.7 Å². The largest absolute Gasteiger partial charge is 0.497 e. The predicted octanol–water partition coefficient (Wildman–Crippen LogP) is 2.77. The van der Waals surface area contributed by atoms with Gasteiger partial charge in [0.25, 0.3) is 0 Å². The summed E-state index contributed by atoms with van der Waals surface area (Å²) in [6.07, 6.45) is 3.81. The standard InChI is InChI=1S/C17H25NO3/c1-4-13(14-6-8-16(21-3)9-7-14)12-17(20)18-15(5-2)10-11-19/h6-9,12,15,19H,4-5,10-11H2,1-3H3,(H,18,20)/b13-12-. The van der Waals surface area contributed by atoms with Crippen LogP contribution in [0.5, 0.6) is 5.75 Å². The van der Waals surface area contributed by atoms with Crippen molar-refractivity contribution in [1.82, 2.24) is 5.32 Å². The lowest BCUT2D eigenvalue weighted by molar-refractivity contribution is -0.117. The molecule has 1 aromatic carbocycles. The van der Waals surface area contributed by atoms with E-state index in [4.69, 9.17) is 9.84 Å². The molecule has 4 heteroatoms. The highest BCUT2D eigenvalue weighted by molar-refractivity contribution is 5.95. The molecule has 0 fully saturated rings. The van der Waals surface area contributed by atoms with E-state index in [0.29, 0.717) is 6.42 Å². The highest BCUT2D eigenvalue weighted by Gasteiger charge is 2.09. The first kappa shape index (κ1) is 17.2. The molecule has 4 nitrogen and oxygen atoms in total. The van der Waals surface area contributed by atoms with Crippen LogP contribution in [0.4, 0.5) is 0 Å². The average Bonchev–Trinajstić information content (AvgIpc) is 2.52. The molecule has 0 aliphatic carbocycles. The van der Waals surface area contributed by atoms with Gasteiger partial charge in [-0.05, 0) is 42.5 Å². The van der Waals surface area contributed by atoms with Crippen LogP contribution in [0, 0.1) is 0 Å². The first-order chi connectivity index (χ1) is 10.1. The molecule has 1 unspecified atom stereocenters. The van der Waals surface area contributed by atoms with Gasteiger partial charge in [-0.3, -0.25) is 4.79 Å². The first-order valence-electron chi connectivity index (χ1n) is 7.40. The number of benzene rings is 1. The summed E-state index contributed by atoms with van der Waals surface area (Å²) < 4.78 is 5.14. The second-order valence-electron chi connectivity index (χ2n) is 4.88. The number of nitrogens with one attached hydrogen (secondary N) is 1. The molecule has 0 saturated carbocycles. The van der Waals surface area contributed by atoms with Crippen molar-refractivity contribution in [2.75, 3.05) is 13.7 Å². The molecule has 21 heavy (non-hydrogen) atoms. The summed E-state index contributed by atoms with van der Waals surface area (Å²) in [6.45, 7) is 4.10. The number of allylic oxidation sites excluding steroid dienone is 1.